The number of methoxy groups -OCH3 is 1. The normalized spacial score (nSPS) is 17.8. The number of dihydropyridines is 1. The van der Waals surface area contributed by atoms with Gasteiger partial charge in [-0.25, -0.2) is 4.79 Å². The Morgan fingerprint density at radius 2 is 1.75 bits per heavy atom. The number of rotatable bonds is 3. The molecular weight excluding hydrogens is 360 g/mol. The monoisotopic (exact) mass is 376 g/mol. The fourth-order valence-electron chi connectivity index (χ4n) is 3.83. The summed E-state index contributed by atoms with van der Waals surface area (Å²) < 4.78 is 4.96. The second kappa shape index (κ2) is 6.45. The van der Waals surface area contributed by atoms with Crippen molar-refractivity contribution in [3.63, 3.8) is 0 Å². The van der Waals surface area contributed by atoms with Crippen LogP contribution in [0.3, 0.4) is 0 Å². The van der Waals surface area contributed by atoms with E-state index >= 15 is 0 Å². The van der Waals surface area contributed by atoms with E-state index in [9.17, 15) is 19.7 Å². The molecular formula is C21H16N2O5. The Morgan fingerprint density at radius 3 is 2.36 bits per heavy atom. The van der Waals surface area contributed by atoms with Crippen molar-refractivity contribution < 1.29 is 19.2 Å². The molecule has 0 radical (unpaired) electrons. The molecule has 7 heteroatoms. The first-order valence-corrected chi connectivity index (χ1v) is 8.62. The number of esters is 1. The number of ketones is 1. The Labute approximate surface area is 160 Å². The van der Waals surface area contributed by atoms with Crippen molar-refractivity contribution in [3.05, 3.63) is 92.2 Å². The fourth-order valence-corrected chi connectivity index (χ4v) is 3.83. The molecule has 1 heterocycles. The molecule has 2 aromatic rings. The van der Waals surface area contributed by atoms with Crippen molar-refractivity contribution in [3.8, 4) is 0 Å². The minimum Gasteiger partial charge on any atom is -0.466 e. The summed E-state index contributed by atoms with van der Waals surface area (Å²) in [4.78, 5) is 36.2. The number of benzene rings is 2. The van der Waals surface area contributed by atoms with Gasteiger partial charge in [-0.3, -0.25) is 14.9 Å². The second-order valence-electron chi connectivity index (χ2n) is 6.60. The van der Waals surface area contributed by atoms with Crippen molar-refractivity contribution >= 4 is 23.1 Å². The highest BCUT2D eigenvalue weighted by molar-refractivity contribution is 6.23. The molecule has 1 N–H and O–H groups in total. The molecule has 140 valence electrons. The van der Waals surface area contributed by atoms with Crippen molar-refractivity contribution in [2.75, 3.05) is 7.11 Å². The lowest BCUT2D eigenvalue weighted by molar-refractivity contribution is -0.384. The number of Topliss-reactive ketones (excluding diaryl/α,β-unsaturated/α-hetero) is 1. The molecule has 1 unspecified atom stereocenters. The van der Waals surface area contributed by atoms with Gasteiger partial charge in [0, 0.05) is 40.4 Å². The van der Waals surface area contributed by atoms with E-state index in [0.717, 1.165) is 5.56 Å². The maximum Gasteiger partial charge on any atom is 0.336 e. The summed E-state index contributed by atoms with van der Waals surface area (Å²) in [6.45, 7) is 1.75. The number of non-ortho nitro benzene ring substituents is 1. The maximum absolute atomic E-state index is 13.2. The molecule has 2 aliphatic rings. The molecule has 0 amide bonds. The summed E-state index contributed by atoms with van der Waals surface area (Å²) in [7, 11) is 1.28. The largest absolute Gasteiger partial charge is 0.466 e. The van der Waals surface area contributed by atoms with Crippen molar-refractivity contribution in [1.29, 1.82) is 0 Å². The molecule has 0 bridgehead atoms. The third-order valence-corrected chi connectivity index (χ3v) is 5.09. The number of allylic oxidation sites excluding steroid dienone is 2. The number of hydrogen-bond donors (Lipinski definition) is 1. The van der Waals surface area contributed by atoms with E-state index in [1.807, 2.05) is 12.1 Å². The Morgan fingerprint density at radius 1 is 1.11 bits per heavy atom. The van der Waals surface area contributed by atoms with E-state index in [-0.39, 0.29) is 11.5 Å². The zero-order valence-electron chi connectivity index (χ0n) is 15.2. The molecule has 0 fully saturated rings. The standard InChI is InChI=1S/C21H16N2O5/c1-11-16(21(25)28-2)17(12-7-9-13(10-8-12)23(26)27)18-19(22-11)14-5-3-4-6-15(14)20(18)24/h3-10,17,22H,1-2H3. The number of carbonyl (C=O) groups is 2. The molecule has 0 aromatic heterocycles. The number of nitro groups is 1. The smallest absolute Gasteiger partial charge is 0.336 e. The zero-order valence-corrected chi connectivity index (χ0v) is 15.2. The van der Waals surface area contributed by atoms with Crippen molar-refractivity contribution in [2.24, 2.45) is 0 Å². The number of carbonyl (C=O) groups excluding carboxylic acids is 2. The van der Waals surface area contributed by atoms with E-state index in [0.29, 0.717) is 33.7 Å². The summed E-state index contributed by atoms with van der Waals surface area (Å²) >= 11 is 0. The minimum absolute atomic E-state index is 0.0618. The van der Waals surface area contributed by atoms with Crippen LogP contribution in [0.25, 0.3) is 5.70 Å². The molecule has 1 aliphatic heterocycles. The lowest BCUT2D eigenvalue weighted by Crippen LogP contribution is -2.29. The van der Waals surface area contributed by atoms with Gasteiger partial charge in [0.2, 0.25) is 0 Å². The first-order valence-electron chi connectivity index (χ1n) is 8.62. The summed E-state index contributed by atoms with van der Waals surface area (Å²) in [6.07, 6.45) is 0. The average molecular weight is 376 g/mol. The fraction of sp³-hybridized carbons (Fsp3) is 0.143. The highest BCUT2D eigenvalue weighted by atomic mass is 16.6. The predicted molar refractivity (Wildman–Crippen MR) is 101 cm³/mol. The first kappa shape index (κ1) is 17.7. The Balaban J connectivity index is 1.92. The van der Waals surface area contributed by atoms with Crippen LogP contribution in [-0.2, 0) is 9.53 Å². The first-order chi connectivity index (χ1) is 13.4. The lowest BCUT2D eigenvalue weighted by Gasteiger charge is -2.28. The van der Waals surface area contributed by atoms with Crippen LogP contribution in [0, 0.1) is 10.1 Å². The van der Waals surface area contributed by atoms with E-state index < -0.39 is 16.8 Å². The molecule has 1 atom stereocenters. The van der Waals surface area contributed by atoms with E-state index in [4.69, 9.17) is 4.74 Å². The Kier molecular flexibility index (Phi) is 4.07. The van der Waals surface area contributed by atoms with E-state index in [2.05, 4.69) is 5.32 Å². The van der Waals surface area contributed by atoms with Crippen LogP contribution in [0.15, 0.2) is 65.4 Å². The molecule has 0 saturated heterocycles. The summed E-state index contributed by atoms with van der Waals surface area (Å²) in [5.74, 6) is -1.40. The highest BCUT2D eigenvalue weighted by Crippen LogP contribution is 2.46. The average Bonchev–Trinajstić information content (AvgIpc) is 2.98. The summed E-state index contributed by atoms with van der Waals surface area (Å²) in [5.41, 5.74) is 3.89. The van der Waals surface area contributed by atoms with Crippen LogP contribution in [0.2, 0.25) is 0 Å². The van der Waals surface area contributed by atoms with Gasteiger partial charge in [-0.1, -0.05) is 36.4 Å². The van der Waals surface area contributed by atoms with Crippen LogP contribution in [0.1, 0.15) is 34.3 Å². The molecule has 4 rings (SSSR count). The highest BCUT2D eigenvalue weighted by Gasteiger charge is 2.42. The number of ether oxygens (including phenoxy) is 1. The molecule has 0 saturated carbocycles. The molecule has 7 nitrogen and oxygen atoms in total. The van der Waals surface area contributed by atoms with Gasteiger partial charge in [0.25, 0.3) is 5.69 Å². The molecule has 28 heavy (non-hydrogen) atoms. The quantitative estimate of drug-likeness (QED) is 0.501. The molecule has 0 spiro atoms. The lowest BCUT2D eigenvalue weighted by atomic mass is 9.80. The third-order valence-electron chi connectivity index (χ3n) is 5.09. The van der Waals surface area contributed by atoms with Crippen LogP contribution < -0.4 is 5.32 Å². The number of fused-ring (bicyclic) bond motifs is 2. The van der Waals surface area contributed by atoms with Gasteiger partial charge in [0.1, 0.15) is 0 Å². The van der Waals surface area contributed by atoms with Gasteiger partial charge in [0.05, 0.1) is 23.3 Å². The van der Waals surface area contributed by atoms with Crippen LogP contribution in [0.5, 0.6) is 0 Å². The van der Waals surface area contributed by atoms with Crippen LogP contribution >= 0.6 is 0 Å². The van der Waals surface area contributed by atoms with Crippen LogP contribution in [0.4, 0.5) is 5.69 Å². The third kappa shape index (κ3) is 2.51. The van der Waals surface area contributed by atoms with Gasteiger partial charge < -0.3 is 10.1 Å². The summed E-state index contributed by atoms with van der Waals surface area (Å²) in [5, 5.41) is 14.2. The number of hydrogen-bond acceptors (Lipinski definition) is 6. The van der Waals surface area contributed by atoms with E-state index in [1.54, 1.807) is 31.2 Å². The Bertz CT molecular complexity index is 1100. The zero-order chi connectivity index (χ0) is 20.0. The van der Waals surface area contributed by atoms with E-state index in [1.165, 1.54) is 19.2 Å². The second-order valence-corrected chi connectivity index (χ2v) is 6.60. The van der Waals surface area contributed by atoms with Crippen molar-refractivity contribution in [2.45, 2.75) is 12.8 Å². The minimum atomic E-state index is -0.676. The van der Waals surface area contributed by atoms with Gasteiger partial charge in [-0.05, 0) is 12.5 Å². The van der Waals surface area contributed by atoms with Gasteiger partial charge in [-0.15, -0.1) is 0 Å². The molecule has 1 aliphatic carbocycles. The van der Waals surface area contributed by atoms with Crippen LogP contribution in [-0.4, -0.2) is 23.8 Å². The van der Waals surface area contributed by atoms with Crippen molar-refractivity contribution in [1.82, 2.24) is 5.32 Å². The summed E-state index contributed by atoms with van der Waals surface area (Å²) in [6, 6.07) is 13.1. The SMILES string of the molecule is COC(=O)C1=C(C)NC2=C(C(=O)c3ccccc32)C1c1ccc([N+](=O)[O-])cc1. The van der Waals surface area contributed by atoms with Gasteiger partial charge in [-0.2, -0.15) is 0 Å². The van der Waals surface area contributed by atoms with Gasteiger partial charge >= 0.3 is 5.97 Å². The predicted octanol–water partition coefficient (Wildman–Crippen LogP) is 3.34. The number of nitrogens with zero attached hydrogens (tertiary/aromatic N) is 1. The molecule has 2 aromatic carbocycles. The topological polar surface area (TPSA) is 98.5 Å². The number of nitrogens with one attached hydrogen (secondary N) is 1. The number of nitro benzene ring substituents is 1. The Hall–Kier alpha value is -3.74. The maximum atomic E-state index is 13.2. The van der Waals surface area contributed by atoms with Gasteiger partial charge in [0.15, 0.2) is 5.78 Å².